The molecule has 0 fully saturated rings. The third-order valence-electron chi connectivity index (χ3n) is 7.87. The van der Waals surface area contributed by atoms with E-state index in [-0.39, 0.29) is 36.7 Å². The number of aldehydes is 1. The van der Waals surface area contributed by atoms with E-state index < -0.39 is 5.97 Å². The molecule has 0 amide bonds. The van der Waals surface area contributed by atoms with Gasteiger partial charge in [-0.2, -0.15) is 0 Å². The van der Waals surface area contributed by atoms with Gasteiger partial charge in [-0.25, -0.2) is 0 Å². The first-order chi connectivity index (χ1) is 26.5. The lowest BCUT2D eigenvalue weighted by Crippen LogP contribution is -2.13. The summed E-state index contributed by atoms with van der Waals surface area (Å²) in [6.07, 6.45) is 58.1. The number of allylic oxidation sites excluding steroid dienone is 20. The van der Waals surface area contributed by atoms with E-state index in [1.54, 1.807) is 6.92 Å². The average Bonchev–Trinajstić information content (AvgIpc) is 3.17. The highest BCUT2D eigenvalue weighted by atomic mass is 16.5. The molecule has 1 aromatic rings. The number of carbonyl (C=O) groups is 3. The standard InChI is InChI=1S/C48H65NO5/c1-4-6-8-10-12-14-16-18-20-22-24-26-28-30-32-34-36-38-46(51)53-42-44-40-49-43(3)48(45(44)41-50)54-47(52)39-37-35-33-31-29-27-25-23-21-19-17-15-13-11-9-7-5-2/h6-9,12-15,18-21,24-27,30-33,40-41H,4-5,10-11,16-17,22-23,28-29,34-39,42H2,1-3H3/b8-6-,9-7-,14-12-,15-13-,20-18-,21-19-,26-24-,27-25-,32-30-,33-31-. The van der Waals surface area contributed by atoms with Crippen LogP contribution in [-0.4, -0.2) is 23.2 Å². The molecule has 0 bridgehead atoms. The largest absolute Gasteiger partial charge is 0.461 e. The van der Waals surface area contributed by atoms with Crippen molar-refractivity contribution in [2.45, 2.75) is 130 Å². The molecule has 0 N–H and O–H groups in total. The Bertz CT molecular complexity index is 1480. The van der Waals surface area contributed by atoms with Crippen molar-refractivity contribution in [3.63, 3.8) is 0 Å². The van der Waals surface area contributed by atoms with Gasteiger partial charge in [-0.3, -0.25) is 19.4 Å². The Morgan fingerprint density at radius 1 is 0.556 bits per heavy atom. The van der Waals surface area contributed by atoms with Gasteiger partial charge < -0.3 is 9.47 Å². The zero-order chi connectivity index (χ0) is 39.2. The van der Waals surface area contributed by atoms with E-state index in [2.05, 4.69) is 140 Å². The van der Waals surface area contributed by atoms with Crippen LogP contribution in [0.2, 0.25) is 0 Å². The highest BCUT2D eigenvalue weighted by Crippen LogP contribution is 2.25. The third-order valence-corrected chi connectivity index (χ3v) is 7.87. The average molecular weight is 736 g/mol. The van der Waals surface area contributed by atoms with E-state index >= 15 is 0 Å². The van der Waals surface area contributed by atoms with Crippen LogP contribution in [0.3, 0.4) is 0 Å². The molecule has 6 heteroatoms. The van der Waals surface area contributed by atoms with Gasteiger partial charge >= 0.3 is 11.9 Å². The first-order valence-electron chi connectivity index (χ1n) is 19.8. The Balaban J connectivity index is 2.30. The minimum atomic E-state index is -0.431. The molecule has 6 nitrogen and oxygen atoms in total. The molecule has 0 aromatic carbocycles. The van der Waals surface area contributed by atoms with Gasteiger partial charge in [-0.15, -0.1) is 0 Å². The maximum absolute atomic E-state index is 12.6. The monoisotopic (exact) mass is 735 g/mol. The maximum atomic E-state index is 12.6. The summed E-state index contributed by atoms with van der Waals surface area (Å²) in [7, 11) is 0. The predicted octanol–water partition coefficient (Wildman–Crippen LogP) is 13.0. The summed E-state index contributed by atoms with van der Waals surface area (Å²) in [5.41, 5.74) is 1.01. The topological polar surface area (TPSA) is 82.6 Å². The van der Waals surface area contributed by atoms with Gasteiger partial charge in [-0.05, 0) is 96.8 Å². The van der Waals surface area contributed by atoms with E-state index in [0.717, 1.165) is 77.0 Å². The van der Waals surface area contributed by atoms with E-state index in [1.807, 2.05) is 0 Å². The zero-order valence-electron chi connectivity index (χ0n) is 33.2. The number of aromatic nitrogens is 1. The summed E-state index contributed by atoms with van der Waals surface area (Å²) < 4.78 is 11.0. The molecule has 0 radical (unpaired) electrons. The SMILES string of the molecule is CC/C=C\C/C=C\C/C=C\C/C=C\C/C=C\CCCC(=O)OCc1cnc(C)c(OC(=O)CCC/C=C\C/C=C\C/C=C\C/C=C\C/C=C\CC)c1C=O. The van der Waals surface area contributed by atoms with Crippen molar-refractivity contribution in [3.8, 4) is 5.75 Å². The van der Waals surface area contributed by atoms with Crippen molar-refractivity contribution < 1.29 is 23.9 Å². The first-order valence-corrected chi connectivity index (χ1v) is 19.8. The lowest BCUT2D eigenvalue weighted by molar-refractivity contribution is -0.145. The molecule has 0 aliphatic carbocycles. The summed E-state index contributed by atoms with van der Waals surface area (Å²) in [5, 5.41) is 0. The van der Waals surface area contributed by atoms with Crippen molar-refractivity contribution in [1.29, 1.82) is 0 Å². The van der Waals surface area contributed by atoms with Crippen LogP contribution in [0.5, 0.6) is 5.75 Å². The smallest absolute Gasteiger partial charge is 0.311 e. The molecule has 0 saturated heterocycles. The molecular formula is C48H65NO5. The summed E-state index contributed by atoms with van der Waals surface area (Å²) in [5.74, 6) is -0.662. The summed E-state index contributed by atoms with van der Waals surface area (Å²) in [6, 6.07) is 0. The molecule has 0 spiro atoms. The number of unbranched alkanes of at least 4 members (excludes halogenated alkanes) is 2. The molecule has 1 heterocycles. The number of nitrogens with zero attached hydrogens (tertiary/aromatic N) is 1. The third kappa shape index (κ3) is 26.9. The Kier molecular flexibility index (Phi) is 30.8. The highest BCUT2D eigenvalue weighted by Gasteiger charge is 2.18. The Morgan fingerprint density at radius 2 is 0.926 bits per heavy atom. The number of ether oxygens (including phenoxy) is 2. The van der Waals surface area contributed by atoms with Crippen LogP contribution in [0, 0.1) is 6.92 Å². The Hall–Kier alpha value is -4.84. The van der Waals surface area contributed by atoms with Gasteiger partial charge in [0.15, 0.2) is 12.0 Å². The number of aryl methyl sites for hydroxylation is 1. The molecule has 1 rings (SSSR count). The number of hydrogen-bond acceptors (Lipinski definition) is 6. The predicted molar refractivity (Wildman–Crippen MR) is 226 cm³/mol. The number of pyridine rings is 1. The lowest BCUT2D eigenvalue weighted by Gasteiger charge is -2.13. The zero-order valence-corrected chi connectivity index (χ0v) is 33.2. The second-order valence-corrected chi connectivity index (χ2v) is 12.6. The molecule has 1 aromatic heterocycles. The number of rotatable bonds is 30. The minimum absolute atomic E-state index is 0.115. The molecule has 0 atom stereocenters. The van der Waals surface area contributed by atoms with Crippen molar-refractivity contribution >= 4 is 18.2 Å². The van der Waals surface area contributed by atoms with Crippen LogP contribution in [0.1, 0.15) is 138 Å². The number of hydrogen-bond donors (Lipinski definition) is 0. The van der Waals surface area contributed by atoms with Crippen LogP contribution < -0.4 is 4.74 Å². The summed E-state index contributed by atoms with van der Waals surface area (Å²) >= 11 is 0. The fraction of sp³-hybridized carbons (Fsp3) is 0.417. The molecule has 292 valence electrons. The second kappa shape index (κ2) is 35.2. The van der Waals surface area contributed by atoms with E-state index in [0.29, 0.717) is 30.4 Å². The van der Waals surface area contributed by atoms with Gasteiger partial charge in [0.05, 0.1) is 11.3 Å². The van der Waals surface area contributed by atoms with Crippen LogP contribution in [0.4, 0.5) is 0 Å². The molecular weight excluding hydrogens is 671 g/mol. The van der Waals surface area contributed by atoms with E-state index in [4.69, 9.17) is 9.47 Å². The first kappa shape index (κ1) is 47.2. The molecule has 54 heavy (non-hydrogen) atoms. The maximum Gasteiger partial charge on any atom is 0.311 e. The van der Waals surface area contributed by atoms with Crippen molar-refractivity contribution in [3.05, 3.63) is 145 Å². The van der Waals surface area contributed by atoms with Gasteiger partial charge in [0, 0.05) is 24.6 Å². The fourth-order valence-corrected chi connectivity index (χ4v) is 4.88. The van der Waals surface area contributed by atoms with Crippen molar-refractivity contribution in [2.24, 2.45) is 0 Å². The van der Waals surface area contributed by atoms with Crippen LogP contribution in [0.25, 0.3) is 0 Å². The van der Waals surface area contributed by atoms with Gasteiger partial charge in [0.1, 0.15) is 6.61 Å². The fourth-order valence-electron chi connectivity index (χ4n) is 4.88. The van der Waals surface area contributed by atoms with Crippen LogP contribution >= 0.6 is 0 Å². The summed E-state index contributed by atoms with van der Waals surface area (Å²) in [6.45, 7) is 5.84. The van der Waals surface area contributed by atoms with E-state index in [1.165, 1.54) is 6.20 Å². The molecule has 0 saturated carbocycles. The molecule has 0 aliphatic heterocycles. The van der Waals surface area contributed by atoms with Gasteiger partial charge in [0.25, 0.3) is 0 Å². The number of esters is 2. The quantitative estimate of drug-likeness (QED) is 0.0338. The molecule has 0 unspecified atom stereocenters. The van der Waals surface area contributed by atoms with Gasteiger partial charge in [0.2, 0.25) is 0 Å². The minimum Gasteiger partial charge on any atom is -0.461 e. The van der Waals surface area contributed by atoms with Gasteiger partial charge in [-0.1, -0.05) is 135 Å². The Labute approximate surface area is 326 Å². The van der Waals surface area contributed by atoms with Crippen molar-refractivity contribution in [2.75, 3.05) is 0 Å². The lowest BCUT2D eigenvalue weighted by atomic mass is 10.1. The Morgan fingerprint density at radius 3 is 1.31 bits per heavy atom. The van der Waals surface area contributed by atoms with Crippen LogP contribution in [0.15, 0.2) is 128 Å². The number of carbonyl (C=O) groups excluding carboxylic acids is 3. The highest BCUT2D eigenvalue weighted by molar-refractivity contribution is 5.85. The van der Waals surface area contributed by atoms with Crippen LogP contribution in [-0.2, 0) is 20.9 Å². The normalized spacial score (nSPS) is 12.7. The van der Waals surface area contributed by atoms with Crippen molar-refractivity contribution in [1.82, 2.24) is 4.98 Å². The second-order valence-electron chi connectivity index (χ2n) is 12.6. The molecule has 0 aliphatic rings. The van der Waals surface area contributed by atoms with E-state index in [9.17, 15) is 14.4 Å². The summed E-state index contributed by atoms with van der Waals surface area (Å²) in [4.78, 5) is 41.2.